The zero-order chi connectivity index (χ0) is 19.0. The Morgan fingerprint density at radius 1 is 1.22 bits per heavy atom. The number of rotatable bonds is 4. The van der Waals surface area contributed by atoms with Crippen LogP contribution >= 0.6 is 0 Å². The van der Waals surface area contributed by atoms with Gasteiger partial charge in [0, 0.05) is 28.1 Å². The lowest BCUT2D eigenvalue weighted by Crippen LogP contribution is -2.32. The third-order valence-electron chi connectivity index (χ3n) is 4.46. The number of anilines is 1. The van der Waals surface area contributed by atoms with Crippen LogP contribution in [0.1, 0.15) is 21.5 Å². The highest BCUT2D eigenvalue weighted by molar-refractivity contribution is 6.11. The molecule has 2 amide bonds. The first-order chi connectivity index (χ1) is 13.0. The van der Waals surface area contributed by atoms with Crippen LogP contribution in [-0.4, -0.2) is 33.5 Å². The van der Waals surface area contributed by atoms with Gasteiger partial charge in [-0.15, -0.1) is 10.2 Å². The zero-order valence-corrected chi connectivity index (χ0v) is 14.6. The highest BCUT2D eigenvalue weighted by atomic mass is 16.4. The number of amides is 2. The Balaban J connectivity index is 1.52. The molecule has 1 N–H and O–H groups in total. The predicted octanol–water partition coefficient (Wildman–Crippen LogP) is 3.11. The number of nitrogens with zero attached hydrogens (tertiary/aromatic N) is 3. The van der Waals surface area contributed by atoms with Crippen molar-refractivity contribution in [2.45, 2.75) is 6.92 Å². The molecule has 7 heteroatoms. The van der Waals surface area contributed by atoms with Gasteiger partial charge in [0.05, 0.1) is 0 Å². The smallest absolute Gasteiger partial charge is 0.259 e. The van der Waals surface area contributed by atoms with E-state index in [1.807, 2.05) is 31.2 Å². The molecular weight excluding hydrogens is 344 g/mol. The molecule has 0 bridgehead atoms. The van der Waals surface area contributed by atoms with Crippen LogP contribution in [0.5, 0.6) is 0 Å². The van der Waals surface area contributed by atoms with E-state index in [1.54, 1.807) is 18.2 Å². The lowest BCUT2D eigenvalue weighted by atomic mass is 10.1. The summed E-state index contributed by atoms with van der Waals surface area (Å²) in [5.74, 6) is -0.172. The summed E-state index contributed by atoms with van der Waals surface area (Å²) in [6, 6.07) is 12.6. The van der Waals surface area contributed by atoms with E-state index in [2.05, 4.69) is 22.1 Å². The maximum absolute atomic E-state index is 12.6. The largest absolute Gasteiger partial charge is 0.423 e. The van der Waals surface area contributed by atoms with Gasteiger partial charge < -0.3 is 9.73 Å². The maximum Gasteiger partial charge on any atom is 0.259 e. The number of hydrogen-bond donors (Lipinski definition) is 1. The number of aromatic nitrogens is 2. The van der Waals surface area contributed by atoms with E-state index in [9.17, 15) is 9.59 Å². The summed E-state index contributed by atoms with van der Waals surface area (Å²) in [4.78, 5) is 26.5. The van der Waals surface area contributed by atoms with Crippen LogP contribution in [0.2, 0.25) is 0 Å². The van der Waals surface area contributed by atoms with E-state index < -0.39 is 0 Å². The minimum Gasteiger partial charge on any atom is -0.423 e. The van der Waals surface area contributed by atoms with Crippen LogP contribution in [0.4, 0.5) is 5.69 Å². The monoisotopic (exact) mass is 360 g/mol. The second-order valence-electron chi connectivity index (χ2n) is 6.21. The van der Waals surface area contributed by atoms with Gasteiger partial charge in [0.2, 0.25) is 18.2 Å². The van der Waals surface area contributed by atoms with Gasteiger partial charge in [-0.1, -0.05) is 30.8 Å². The Hall–Kier alpha value is -3.74. The molecule has 0 atom stereocenters. The molecule has 0 saturated heterocycles. The lowest BCUT2D eigenvalue weighted by molar-refractivity contribution is -0.116. The fraction of sp³-hybridized carbons (Fsp3) is 0.100. The molecule has 3 aromatic rings. The quantitative estimate of drug-likeness (QED) is 0.772. The molecular formula is C20H16N4O3. The van der Waals surface area contributed by atoms with Crippen molar-refractivity contribution >= 4 is 23.2 Å². The third-order valence-corrected chi connectivity index (χ3v) is 4.46. The van der Waals surface area contributed by atoms with E-state index in [0.717, 1.165) is 11.1 Å². The summed E-state index contributed by atoms with van der Waals surface area (Å²) in [6.07, 6.45) is 1.25. The van der Waals surface area contributed by atoms with Crippen LogP contribution < -0.4 is 5.32 Å². The van der Waals surface area contributed by atoms with Crippen molar-refractivity contribution in [2.24, 2.45) is 0 Å². The van der Waals surface area contributed by atoms with Crippen molar-refractivity contribution in [3.8, 4) is 11.5 Å². The molecule has 0 aliphatic carbocycles. The van der Waals surface area contributed by atoms with Crippen LogP contribution in [0.3, 0.4) is 0 Å². The van der Waals surface area contributed by atoms with Crippen LogP contribution in [0.15, 0.2) is 59.9 Å². The summed E-state index contributed by atoms with van der Waals surface area (Å²) in [5.41, 5.74) is 4.03. The molecule has 0 saturated carbocycles. The second-order valence-corrected chi connectivity index (χ2v) is 6.21. The van der Waals surface area contributed by atoms with Crippen LogP contribution in [0, 0.1) is 6.92 Å². The van der Waals surface area contributed by atoms with Crippen LogP contribution in [-0.2, 0) is 4.79 Å². The lowest BCUT2D eigenvalue weighted by Gasteiger charge is -2.17. The van der Waals surface area contributed by atoms with Crippen LogP contribution in [0.25, 0.3) is 17.2 Å². The van der Waals surface area contributed by atoms with Gasteiger partial charge >= 0.3 is 0 Å². The van der Waals surface area contributed by atoms with Crippen molar-refractivity contribution in [1.82, 2.24) is 15.1 Å². The van der Waals surface area contributed by atoms with E-state index >= 15 is 0 Å². The maximum atomic E-state index is 12.6. The standard InChI is InChI=1S/C20H16N4O3/c1-12-7-8-14(19-23-21-11-27-19)9-17(12)22-18(25)10-24-13(2)15-5-3-4-6-16(15)20(24)26/h3-9,11H,2,10H2,1H3,(H,22,25). The second kappa shape index (κ2) is 6.53. The topological polar surface area (TPSA) is 88.3 Å². The van der Waals surface area contributed by atoms with E-state index in [4.69, 9.17) is 4.42 Å². The molecule has 1 aromatic heterocycles. The zero-order valence-electron chi connectivity index (χ0n) is 14.6. The molecule has 4 rings (SSSR count). The molecule has 0 radical (unpaired) electrons. The molecule has 134 valence electrons. The minimum atomic E-state index is -0.317. The average molecular weight is 360 g/mol. The van der Waals surface area contributed by atoms with Crippen molar-refractivity contribution < 1.29 is 14.0 Å². The average Bonchev–Trinajstić information content (AvgIpc) is 3.28. The van der Waals surface area contributed by atoms with E-state index in [-0.39, 0.29) is 18.4 Å². The molecule has 1 aliphatic rings. The number of nitrogens with one attached hydrogen (secondary N) is 1. The van der Waals surface area contributed by atoms with Crippen molar-refractivity contribution in [1.29, 1.82) is 0 Å². The molecule has 0 fully saturated rings. The number of fused-ring (bicyclic) bond motifs is 1. The number of hydrogen-bond acceptors (Lipinski definition) is 5. The third kappa shape index (κ3) is 2.99. The Bertz CT molecular complexity index is 1020. The Morgan fingerprint density at radius 3 is 2.70 bits per heavy atom. The Morgan fingerprint density at radius 2 is 2.00 bits per heavy atom. The van der Waals surface area contributed by atoms with Crippen molar-refractivity contribution in [3.05, 3.63) is 72.1 Å². The number of carbonyl (C=O) groups is 2. The first-order valence-corrected chi connectivity index (χ1v) is 8.32. The summed E-state index contributed by atoms with van der Waals surface area (Å²) < 4.78 is 5.19. The predicted molar refractivity (Wildman–Crippen MR) is 99.6 cm³/mol. The molecule has 0 unspecified atom stereocenters. The van der Waals surface area contributed by atoms with E-state index in [0.29, 0.717) is 28.4 Å². The highest BCUT2D eigenvalue weighted by Gasteiger charge is 2.31. The normalized spacial score (nSPS) is 13.0. The first-order valence-electron chi connectivity index (χ1n) is 8.32. The van der Waals surface area contributed by atoms with Crippen molar-refractivity contribution in [2.75, 3.05) is 11.9 Å². The van der Waals surface area contributed by atoms with E-state index in [1.165, 1.54) is 11.3 Å². The van der Waals surface area contributed by atoms with Gasteiger partial charge in [0.1, 0.15) is 6.54 Å². The SMILES string of the molecule is C=C1c2ccccc2C(=O)N1CC(=O)Nc1cc(-c2nnco2)ccc1C. The number of carbonyl (C=O) groups excluding carboxylic acids is 2. The molecule has 0 spiro atoms. The van der Waals surface area contributed by atoms with Gasteiger partial charge in [0.15, 0.2) is 0 Å². The van der Waals surface area contributed by atoms with Crippen molar-refractivity contribution in [3.63, 3.8) is 0 Å². The number of benzene rings is 2. The fourth-order valence-corrected chi connectivity index (χ4v) is 3.02. The van der Waals surface area contributed by atoms with Gasteiger partial charge in [-0.3, -0.25) is 14.5 Å². The van der Waals surface area contributed by atoms with Gasteiger partial charge in [-0.2, -0.15) is 0 Å². The first kappa shape index (κ1) is 16.7. The Kier molecular flexibility index (Phi) is 4.04. The van der Waals surface area contributed by atoms with Gasteiger partial charge in [0.25, 0.3) is 5.91 Å². The molecule has 27 heavy (non-hydrogen) atoms. The minimum absolute atomic E-state index is 0.115. The molecule has 2 heterocycles. The fourth-order valence-electron chi connectivity index (χ4n) is 3.02. The molecule has 2 aromatic carbocycles. The summed E-state index contributed by atoms with van der Waals surface area (Å²) >= 11 is 0. The molecule has 7 nitrogen and oxygen atoms in total. The summed E-state index contributed by atoms with van der Waals surface area (Å²) in [7, 11) is 0. The highest BCUT2D eigenvalue weighted by Crippen LogP contribution is 2.31. The summed E-state index contributed by atoms with van der Waals surface area (Å²) in [6.45, 7) is 5.71. The Labute approximate surface area is 155 Å². The molecule has 1 aliphatic heterocycles. The van der Waals surface area contributed by atoms with Gasteiger partial charge in [-0.25, -0.2) is 0 Å². The summed E-state index contributed by atoms with van der Waals surface area (Å²) in [5, 5.41) is 10.4. The van der Waals surface area contributed by atoms with Gasteiger partial charge in [-0.05, 0) is 30.7 Å². The number of aryl methyl sites for hydroxylation is 1.